The van der Waals surface area contributed by atoms with Gasteiger partial charge in [0, 0.05) is 28.2 Å². The molecule has 0 fully saturated rings. The van der Waals surface area contributed by atoms with Gasteiger partial charge in [-0.1, -0.05) is 0 Å². The number of nitrogens with zero attached hydrogens (tertiary/aromatic N) is 2. The molecule has 2 N–H and O–H groups in total. The fourth-order valence-electron chi connectivity index (χ4n) is 2.25. The van der Waals surface area contributed by atoms with Crippen LogP contribution in [0.15, 0.2) is 63.5 Å². The van der Waals surface area contributed by atoms with Crippen molar-refractivity contribution in [2.75, 3.05) is 5.32 Å². The number of hydrogen-bond donors (Lipinski definition) is 2. The van der Waals surface area contributed by atoms with Crippen molar-refractivity contribution < 1.29 is 4.79 Å². The van der Waals surface area contributed by atoms with Crippen LogP contribution in [0.3, 0.4) is 0 Å². The second-order valence-electron chi connectivity index (χ2n) is 5.43. The van der Waals surface area contributed by atoms with Gasteiger partial charge in [-0.2, -0.15) is 0 Å². The summed E-state index contributed by atoms with van der Waals surface area (Å²) in [5.41, 5.74) is 2.11. The van der Waals surface area contributed by atoms with E-state index in [4.69, 9.17) is 0 Å². The van der Waals surface area contributed by atoms with Gasteiger partial charge in [-0.15, -0.1) is 0 Å². The van der Waals surface area contributed by atoms with Gasteiger partial charge in [0.1, 0.15) is 5.56 Å². The van der Waals surface area contributed by atoms with E-state index in [2.05, 4.69) is 20.3 Å². The van der Waals surface area contributed by atoms with E-state index in [9.17, 15) is 9.59 Å². The van der Waals surface area contributed by atoms with Crippen LogP contribution in [0.5, 0.6) is 0 Å². The van der Waals surface area contributed by atoms with Gasteiger partial charge in [0.15, 0.2) is 5.16 Å². The Kier molecular flexibility index (Phi) is 4.95. The van der Waals surface area contributed by atoms with Gasteiger partial charge >= 0.3 is 0 Å². The highest BCUT2D eigenvalue weighted by Gasteiger charge is 2.10. The number of pyridine rings is 1. The van der Waals surface area contributed by atoms with Crippen molar-refractivity contribution in [2.45, 2.75) is 23.9 Å². The molecule has 0 radical (unpaired) electrons. The summed E-state index contributed by atoms with van der Waals surface area (Å²) in [5.74, 6) is -0.445. The van der Waals surface area contributed by atoms with E-state index in [0.29, 0.717) is 10.8 Å². The summed E-state index contributed by atoms with van der Waals surface area (Å²) >= 11 is 1.45. The monoisotopic (exact) mass is 352 g/mol. The largest absolute Gasteiger partial charge is 0.328 e. The van der Waals surface area contributed by atoms with Gasteiger partial charge in [0.2, 0.25) is 0 Å². The van der Waals surface area contributed by atoms with E-state index in [1.165, 1.54) is 24.0 Å². The lowest BCUT2D eigenvalue weighted by molar-refractivity contribution is 0.102. The molecule has 0 spiro atoms. The standard InChI is InChI=1S/C18H16N4O2S/c1-11-10-12(2)21-18(20-11)25-14-7-5-13(6-8-14)22-17(24)15-4-3-9-19-16(15)23/h3-10H,1-2H3,(H,19,23)(H,22,24). The molecule has 6 nitrogen and oxygen atoms in total. The molecule has 1 aromatic carbocycles. The quantitative estimate of drug-likeness (QED) is 0.704. The molecular formula is C18H16N4O2S. The van der Waals surface area contributed by atoms with Gasteiger partial charge < -0.3 is 10.3 Å². The number of nitrogens with one attached hydrogen (secondary N) is 2. The Balaban J connectivity index is 1.71. The summed E-state index contributed by atoms with van der Waals surface area (Å²) in [6.45, 7) is 3.87. The van der Waals surface area contributed by atoms with Gasteiger partial charge in [-0.3, -0.25) is 9.59 Å². The van der Waals surface area contributed by atoms with Gasteiger partial charge in [0.25, 0.3) is 11.5 Å². The molecule has 2 aromatic heterocycles. The average Bonchev–Trinajstić information content (AvgIpc) is 2.56. The second kappa shape index (κ2) is 7.31. The SMILES string of the molecule is Cc1cc(C)nc(Sc2ccc(NC(=O)c3ccc[nH]c3=O)cc2)n1. The van der Waals surface area contributed by atoms with E-state index in [-0.39, 0.29) is 5.56 Å². The molecule has 0 aliphatic heterocycles. The highest BCUT2D eigenvalue weighted by atomic mass is 32.2. The average molecular weight is 352 g/mol. The molecule has 25 heavy (non-hydrogen) atoms. The van der Waals surface area contributed by atoms with Crippen molar-refractivity contribution in [1.29, 1.82) is 0 Å². The zero-order valence-electron chi connectivity index (χ0n) is 13.7. The van der Waals surface area contributed by atoms with Gasteiger partial charge in [0.05, 0.1) is 0 Å². The molecule has 126 valence electrons. The minimum absolute atomic E-state index is 0.0737. The first-order valence-corrected chi connectivity index (χ1v) is 8.42. The lowest BCUT2D eigenvalue weighted by Crippen LogP contribution is -2.22. The summed E-state index contributed by atoms with van der Waals surface area (Å²) in [6.07, 6.45) is 1.49. The maximum absolute atomic E-state index is 12.1. The first kappa shape index (κ1) is 16.9. The fraction of sp³-hybridized carbons (Fsp3) is 0.111. The van der Waals surface area contributed by atoms with Crippen LogP contribution in [0.1, 0.15) is 21.7 Å². The molecule has 0 saturated heterocycles. The minimum atomic E-state index is -0.445. The number of carbonyl (C=O) groups excluding carboxylic acids is 1. The number of H-pyrrole nitrogens is 1. The van der Waals surface area contributed by atoms with Crippen molar-refractivity contribution in [3.63, 3.8) is 0 Å². The minimum Gasteiger partial charge on any atom is -0.328 e. The summed E-state index contributed by atoms with van der Waals surface area (Å²) in [6, 6.07) is 12.3. The lowest BCUT2D eigenvalue weighted by Gasteiger charge is -2.06. The van der Waals surface area contributed by atoms with Crippen LogP contribution in [0.2, 0.25) is 0 Å². The van der Waals surface area contributed by atoms with E-state index < -0.39 is 11.5 Å². The van der Waals surface area contributed by atoms with Crippen LogP contribution in [0.4, 0.5) is 5.69 Å². The maximum atomic E-state index is 12.1. The second-order valence-corrected chi connectivity index (χ2v) is 6.47. The van der Waals surface area contributed by atoms with Crippen LogP contribution in [0, 0.1) is 13.8 Å². The Morgan fingerprint density at radius 1 is 1.08 bits per heavy atom. The molecule has 2 heterocycles. The smallest absolute Gasteiger partial charge is 0.261 e. The third-order valence-corrected chi connectivity index (χ3v) is 4.22. The number of anilines is 1. The molecule has 0 saturated carbocycles. The van der Waals surface area contributed by atoms with Crippen molar-refractivity contribution in [1.82, 2.24) is 15.0 Å². The number of aromatic amines is 1. The third kappa shape index (κ3) is 4.33. The molecule has 0 aliphatic rings. The lowest BCUT2D eigenvalue weighted by atomic mass is 10.2. The van der Waals surface area contributed by atoms with Gasteiger partial charge in [-0.05, 0) is 68.1 Å². The molecule has 7 heteroatoms. The number of carbonyl (C=O) groups is 1. The molecule has 0 atom stereocenters. The Labute approximate surface area is 148 Å². The molecule has 0 aliphatic carbocycles. The number of benzene rings is 1. The van der Waals surface area contributed by atoms with E-state index in [1.807, 2.05) is 32.0 Å². The van der Waals surface area contributed by atoms with Crippen LogP contribution in [-0.4, -0.2) is 20.9 Å². The first-order valence-electron chi connectivity index (χ1n) is 7.60. The van der Waals surface area contributed by atoms with E-state index in [0.717, 1.165) is 16.3 Å². The Morgan fingerprint density at radius 2 is 1.76 bits per heavy atom. The Hall–Kier alpha value is -2.93. The van der Waals surface area contributed by atoms with Crippen LogP contribution >= 0.6 is 11.8 Å². The van der Waals surface area contributed by atoms with Gasteiger partial charge in [-0.25, -0.2) is 9.97 Å². The molecule has 3 rings (SSSR count). The summed E-state index contributed by atoms with van der Waals surface area (Å²) in [7, 11) is 0. The number of rotatable bonds is 4. The van der Waals surface area contributed by atoms with Crippen LogP contribution in [-0.2, 0) is 0 Å². The van der Waals surface area contributed by atoms with Crippen molar-refractivity contribution in [2.24, 2.45) is 0 Å². The summed E-state index contributed by atoms with van der Waals surface area (Å²) in [5, 5.41) is 3.39. The number of aromatic nitrogens is 3. The van der Waals surface area contributed by atoms with Crippen molar-refractivity contribution >= 4 is 23.4 Å². The number of amides is 1. The fourth-order valence-corrected chi connectivity index (χ4v) is 3.11. The predicted molar refractivity (Wildman–Crippen MR) is 97.1 cm³/mol. The summed E-state index contributed by atoms with van der Waals surface area (Å²) in [4.78, 5) is 36.0. The highest BCUT2D eigenvalue weighted by molar-refractivity contribution is 7.99. The van der Waals surface area contributed by atoms with E-state index in [1.54, 1.807) is 18.2 Å². The van der Waals surface area contributed by atoms with Crippen LogP contribution < -0.4 is 10.9 Å². The van der Waals surface area contributed by atoms with Crippen molar-refractivity contribution in [3.8, 4) is 0 Å². The zero-order chi connectivity index (χ0) is 17.8. The maximum Gasteiger partial charge on any atom is 0.261 e. The molecule has 0 bridgehead atoms. The highest BCUT2D eigenvalue weighted by Crippen LogP contribution is 2.26. The topological polar surface area (TPSA) is 87.7 Å². The Bertz CT molecular complexity index is 947. The van der Waals surface area contributed by atoms with Crippen LogP contribution in [0.25, 0.3) is 0 Å². The first-order chi connectivity index (χ1) is 12.0. The molecule has 3 aromatic rings. The summed E-state index contributed by atoms with van der Waals surface area (Å²) < 4.78 is 0. The van der Waals surface area contributed by atoms with E-state index >= 15 is 0 Å². The molecule has 1 amide bonds. The molecule has 0 unspecified atom stereocenters. The van der Waals surface area contributed by atoms with Crippen molar-refractivity contribution in [3.05, 3.63) is 76.0 Å². The number of aryl methyl sites for hydroxylation is 2. The Morgan fingerprint density at radius 3 is 2.40 bits per heavy atom. The zero-order valence-corrected chi connectivity index (χ0v) is 14.6. The number of hydrogen-bond acceptors (Lipinski definition) is 5. The third-order valence-electron chi connectivity index (χ3n) is 3.35. The normalized spacial score (nSPS) is 10.5. The predicted octanol–water partition coefficient (Wildman–Crippen LogP) is 3.19. The molecular weight excluding hydrogens is 336 g/mol.